The molecule has 0 N–H and O–H groups in total. The first-order valence-electron chi connectivity index (χ1n) is 10.4. The van der Waals surface area contributed by atoms with Gasteiger partial charge in [-0.15, -0.1) is 11.8 Å². The van der Waals surface area contributed by atoms with E-state index in [1.54, 1.807) is 23.2 Å². The van der Waals surface area contributed by atoms with Gasteiger partial charge in [0.1, 0.15) is 30.1 Å². The Morgan fingerprint density at radius 3 is 2.79 bits per heavy atom. The fourth-order valence-corrected chi connectivity index (χ4v) is 4.52. The third-order valence-corrected chi connectivity index (χ3v) is 6.31. The van der Waals surface area contributed by atoms with Crippen LogP contribution in [0, 0.1) is 11.6 Å². The number of ether oxygens (including phenoxy) is 2. The predicted molar refractivity (Wildman–Crippen MR) is 121 cm³/mol. The van der Waals surface area contributed by atoms with Crippen molar-refractivity contribution in [3.05, 3.63) is 65.9 Å². The number of rotatable bonds is 7. The molecule has 0 bridgehead atoms. The van der Waals surface area contributed by atoms with Crippen LogP contribution in [0.3, 0.4) is 0 Å². The van der Waals surface area contributed by atoms with Gasteiger partial charge in [0.2, 0.25) is 5.91 Å². The molecule has 1 aliphatic heterocycles. The normalized spacial score (nSPS) is 16.1. The maximum Gasteiger partial charge on any atom is 0.233 e. The molecule has 1 saturated heterocycles. The fraction of sp³-hybridized carbons (Fsp3) is 0.292. The van der Waals surface area contributed by atoms with Crippen LogP contribution in [0.5, 0.6) is 5.75 Å². The van der Waals surface area contributed by atoms with Gasteiger partial charge in [0.05, 0.1) is 30.0 Å². The number of carbonyl (C=O) groups excluding carboxylic acids is 2. The van der Waals surface area contributed by atoms with Gasteiger partial charge >= 0.3 is 0 Å². The Kier molecular flexibility index (Phi) is 7.20. The lowest BCUT2D eigenvalue weighted by Crippen LogP contribution is -2.48. The van der Waals surface area contributed by atoms with Crippen LogP contribution in [0.1, 0.15) is 17.3 Å². The lowest BCUT2D eigenvalue weighted by Gasteiger charge is -2.33. The van der Waals surface area contributed by atoms with Crippen molar-refractivity contribution in [1.82, 2.24) is 9.88 Å². The highest BCUT2D eigenvalue weighted by Crippen LogP contribution is 2.28. The van der Waals surface area contributed by atoms with Gasteiger partial charge in [-0.25, -0.2) is 8.78 Å². The number of ketones is 1. The van der Waals surface area contributed by atoms with Crippen molar-refractivity contribution in [2.24, 2.45) is 0 Å². The summed E-state index contributed by atoms with van der Waals surface area (Å²) in [5.41, 5.74) is 0.833. The predicted octanol–water partition coefficient (Wildman–Crippen LogP) is 4.11. The molecule has 33 heavy (non-hydrogen) atoms. The number of aromatic nitrogens is 1. The van der Waals surface area contributed by atoms with Crippen molar-refractivity contribution >= 4 is 34.4 Å². The first-order valence-corrected chi connectivity index (χ1v) is 11.4. The Morgan fingerprint density at radius 1 is 1.18 bits per heavy atom. The maximum atomic E-state index is 13.7. The van der Waals surface area contributed by atoms with Crippen LogP contribution in [0.25, 0.3) is 10.9 Å². The number of benzene rings is 2. The van der Waals surface area contributed by atoms with Gasteiger partial charge in [0.25, 0.3) is 0 Å². The third kappa shape index (κ3) is 5.66. The summed E-state index contributed by atoms with van der Waals surface area (Å²) in [6.45, 7) is 2.61. The summed E-state index contributed by atoms with van der Waals surface area (Å²) in [7, 11) is 0. The molecule has 172 valence electrons. The molecule has 0 saturated carbocycles. The number of morpholine rings is 1. The average Bonchev–Trinajstić information content (AvgIpc) is 2.81. The fourth-order valence-electron chi connectivity index (χ4n) is 3.58. The summed E-state index contributed by atoms with van der Waals surface area (Å²) in [4.78, 5) is 31.3. The molecule has 0 radical (unpaired) electrons. The molecular weight excluding hydrogens is 450 g/mol. The number of thioether (sulfide) groups is 1. The SMILES string of the molecule is CC(=O)c1cc(F)ccc1OCC1CN(C(=O)CSc2ccnc3ccc(F)cc23)CCO1. The average molecular weight is 473 g/mol. The number of carbonyl (C=O) groups is 2. The Morgan fingerprint density at radius 2 is 1.97 bits per heavy atom. The lowest BCUT2D eigenvalue weighted by atomic mass is 10.1. The van der Waals surface area contributed by atoms with E-state index in [1.165, 1.54) is 43.0 Å². The first kappa shape index (κ1) is 23.1. The molecule has 1 amide bonds. The smallest absolute Gasteiger partial charge is 0.233 e. The zero-order valence-corrected chi connectivity index (χ0v) is 18.7. The van der Waals surface area contributed by atoms with Crippen molar-refractivity contribution in [3.63, 3.8) is 0 Å². The zero-order chi connectivity index (χ0) is 23.4. The molecule has 1 aromatic heterocycles. The molecule has 2 aromatic carbocycles. The summed E-state index contributed by atoms with van der Waals surface area (Å²) >= 11 is 1.34. The molecule has 1 fully saturated rings. The standard InChI is InChI=1S/C24H22F2N2O4S/c1-15(29)19-10-17(26)3-5-22(19)32-13-18-12-28(8-9-31-18)24(30)14-33-23-6-7-27-21-4-2-16(25)11-20(21)23/h2-7,10-11,18H,8-9,12-14H2,1H3. The summed E-state index contributed by atoms with van der Waals surface area (Å²) in [5.74, 6) is -0.764. The molecular formula is C24H22F2N2O4S. The van der Waals surface area contributed by atoms with E-state index in [0.29, 0.717) is 30.6 Å². The van der Waals surface area contributed by atoms with Crippen LogP contribution >= 0.6 is 11.8 Å². The third-order valence-electron chi connectivity index (χ3n) is 5.25. The van der Waals surface area contributed by atoms with Gasteiger partial charge in [-0.3, -0.25) is 14.6 Å². The number of halogens is 2. The molecule has 1 unspecified atom stereocenters. The Hall–Kier alpha value is -3.04. The van der Waals surface area contributed by atoms with Crippen molar-refractivity contribution < 1.29 is 27.8 Å². The van der Waals surface area contributed by atoms with E-state index in [1.807, 2.05) is 0 Å². The van der Waals surface area contributed by atoms with Crippen LogP contribution in [0.4, 0.5) is 8.78 Å². The van der Waals surface area contributed by atoms with Crippen LogP contribution < -0.4 is 4.74 Å². The van der Waals surface area contributed by atoms with Gasteiger partial charge in [-0.2, -0.15) is 0 Å². The lowest BCUT2D eigenvalue weighted by molar-refractivity contribution is -0.137. The molecule has 9 heteroatoms. The minimum atomic E-state index is -0.513. The van der Waals surface area contributed by atoms with E-state index in [4.69, 9.17) is 9.47 Å². The molecule has 6 nitrogen and oxygen atoms in total. The minimum absolute atomic E-state index is 0.0686. The minimum Gasteiger partial charge on any atom is -0.490 e. The second kappa shape index (κ2) is 10.3. The quantitative estimate of drug-likeness (QED) is 0.381. The number of fused-ring (bicyclic) bond motifs is 1. The monoisotopic (exact) mass is 472 g/mol. The highest BCUT2D eigenvalue weighted by atomic mass is 32.2. The van der Waals surface area contributed by atoms with Crippen LogP contribution in [0.15, 0.2) is 53.6 Å². The topological polar surface area (TPSA) is 68.7 Å². The van der Waals surface area contributed by atoms with E-state index >= 15 is 0 Å². The Bertz CT molecular complexity index is 1190. The van der Waals surface area contributed by atoms with Crippen LogP contribution in [0.2, 0.25) is 0 Å². The number of nitrogens with zero attached hydrogens (tertiary/aromatic N) is 2. The van der Waals surface area contributed by atoms with Gasteiger partial charge in [0.15, 0.2) is 5.78 Å². The van der Waals surface area contributed by atoms with Gasteiger partial charge < -0.3 is 14.4 Å². The van der Waals surface area contributed by atoms with E-state index < -0.39 is 5.82 Å². The summed E-state index contributed by atoms with van der Waals surface area (Å²) in [6, 6.07) is 9.94. The molecule has 2 heterocycles. The van der Waals surface area contributed by atoms with Crippen molar-refractivity contribution in [2.45, 2.75) is 17.9 Å². The van der Waals surface area contributed by atoms with Crippen LogP contribution in [-0.2, 0) is 9.53 Å². The number of hydrogen-bond acceptors (Lipinski definition) is 6. The molecule has 1 atom stereocenters. The zero-order valence-electron chi connectivity index (χ0n) is 17.9. The maximum absolute atomic E-state index is 13.7. The molecule has 3 aromatic rings. The van der Waals surface area contributed by atoms with Gasteiger partial charge in [-0.1, -0.05) is 0 Å². The van der Waals surface area contributed by atoms with E-state index in [9.17, 15) is 18.4 Å². The van der Waals surface area contributed by atoms with Crippen LogP contribution in [-0.4, -0.2) is 59.7 Å². The number of amides is 1. The number of pyridine rings is 1. The molecule has 0 aliphatic carbocycles. The van der Waals surface area contributed by atoms with Gasteiger partial charge in [0, 0.05) is 23.0 Å². The highest BCUT2D eigenvalue weighted by Gasteiger charge is 2.25. The van der Waals surface area contributed by atoms with Gasteiger partial charge in [-0.05, 0) is 49.4 Å². The van der Waals surface area contributed by atoms with E-state index in [2.05, 4.69) is 4.98 Å². The van der Waals surface area contributed by atoms with Crippen molar-refractivity contribution in [1.29, 1.82) is 0 Å². The number of hydrogen-bond donors (Lipinski definition) is 0. The highest BCUT2D eigenvalue weighted by molar-refractivity contribution is 8.00. The second-order valence-electron chi connectivity index (χ2n) is 7.60. The molecule has 4 rings (SSSR count). The van der Waals surface area contributed by atoms with E-state index in [0.717, 1.165) is 11.0 Å². The Labute approximate surface area is 193 Å². The van der Waals surface area contributed by atoms with E-state index in [-0.39, 0.29) is 47.3 Å². The summed E-state index contributed by atoms with van der Waals surface area (Å²) < 4.78 is 38.5. The van der Waals surface area contributed by atoms with Crippen molar-refractivity contribution in [3.8, 4) is 5.75 Å². The molecule has 1 aliphatic rings. The number of Topliss-reactive ketones (excluding diaryl/α,β-unsaturated/α-hetero) is 1. The first-order chi connectivity index (χ1) is 15.9. The summed E-state index contributed by atoms with van der Waals surface area (Å²) in [6.07, 6.45) is 1.26. The molecule has 0 spiro atoms. The van der Waals surface area contributed by atoms with Crippen molar-refractivity contribution in [2.75, 3.05) is 32.1 Å². The second-order valence-corrected chi connectivity index (χ2v) is 8.62. The largest absolute Gasteiger partial charge is 0.490 e. The Balaban J connectivity index is 1.35. The summed E-state index contributed by atoms with van der Waals surface area (Å²) in [5, 5.41) is 0.670.